The zero-order valence-corrected chi connectivity index (χ0v) is 31.9. The fourth-order valence-electron chi connectivity index (χ4n) is 7.16. The molecule has 0 aliphatic carbocycles. The Balaban J connectivity index is 0.859. The summed E-state index contributed by atoms with van der Waals surface area (Å²) in [6.45, 7) is 6.91. The lowest BCUT2D eigenvalue weighted by Gasteiger charge is -2.28. The summed E-state index contributed by atoms with van der Waals surface area (Å²) in [7, 11) is 2.11. The molecule has 0 bridgehead atoms. The van der Waals surface area contributed by atoms with Gasteiger partial charge in [0.15, 0.2) is 5.65 Å². The number of ether oxygens (including phenoxy) is 2. The lowest BCUT2D eigenvalue weighted by molar-refractivity contribution is -0.136. The van der Waals surface area contributed by atoms with E-state index in [1.165, 1.54) is 6.07 Å². The number of nitrogens with zero attached hydrogens (tertiary/aromatic N) is 6. The molecule has 3 aliphatic heterocycles. The maximum Gasteiger partial charge on any atom is 0.322 e. The summed E-state index contributed by atoms with van der Waals surface area (Å²) < 4.78 is 13.9. The Bertz CT molecular complexity index is 2130. The highest BCUT2D eigenvalue weighted by Gasteiger charge is 2.46. The number of rotatable bonds is 15. The van der Waals surface area contributed by atoms with E-state index in [4.69, 9.17) is 19.4 Å². The maximum absolute atomic E-state index is 13.3. The number of likely N-dealkylation sites (tertiary alicyclic amines) is 1. The number of hydrogen-bond donors (Lipinski definition) is 3. The fraction of sp³-hybridized carbons (Fsp3) is 0.450. The molecule has 7 rings (SSSR count). The number of fused-ring (bicyclic) bond motifs is 2. The smallest absolute Gasteiger partial charge is 0.322 e. The minimum absolute atomic E-state index is 0.0487. The molecule has 0 radical (unpaired) electrons. The first-order valence-corrected chi connectivity index (χ1v) is 19.3. The second-order valence-electron chi connectivity index (χ2n) is 14.8. The molecule has 56 heavy (non-hydrogen) atoms. The molecule has 0 spiro atoms. The van der Waals surface area contributed by atoms with Gasteiger partial charge in [-0.1, -0.05) is 32.0 Å². The van der Waals surface area contributed by atoms with Gasteiger partial charge in [-0.15, -0.1) is 0 Å². The standard InChI is InChI=1S/C40H47N9O7/c1-24(2)29-23-42-49-35(29)45-40(56-27-17-19-47(3)20-18-27)46-39(49)41-22-25-11-13-26(14-12-25)43-32(50)10-5-4-6-21-55-31-9-7-8-28-34(31)38(54)48(37(28)53)30-15-16-33(51)44-36(30)52/h7-9,11-14,23-24,27,30H,4-6,10,15-22H2,1-3H3,(H,43,50)(H,41,45,46)(H,44,51,52). The van der Waals surface area contributed by atoms with E-state index < -0.39 is 29.7 Å². The molecule has 16 heteroatoms. The number of carbonyl (C=O) groups is 5. The fourth-order valence-corrected chi connectivity index (χ4v) is 7.16. The molecule has 5 heterocycles. The Morgan fingerprint density at radius 2 is 1.75 bits per heavy atom. The number of imide groups is 2. The van der Waals surface area contributed by atoms with Crippen molar-refractivity contribution in [2.45, 2.75) is 89.8 Å². The average molecular weight is 766 g/mol. The first-order chi connectivity index (χ1) is 27.0. The molecule has 294 valence electrons. The SMILES string of the molecule is CC(C)c1cnn2c(NCc3ccc(NC(=O)CCCCCOc4cccc5c4C(=O)N(C4CCC(=O)NC4=O)C5=O)cc3)nc(OC3CCN(C)CC3)nc12. The van der Waals surface area contributed by atoms with Crippen molar-refractivity contribution in [3.63, 3.8) is 0 Å². The number of aromatic nitrogens is 4. The highest BCUT2D eigenvalue weighted by Crippen LogP contribution is 2.34. The molecule has 1 unspecified atom stereocenters. The van der Waals surface area contributed by atoms with Crippen molar-refractivity contribution in [1.29, 1.82) is 0 Å². The normalized spacial score (nSPS) is 17.7. The van der Waals surface area contributed by atoms with Gasteiger partial charge in [0.2, 0.25) is 23.7 Å². The number of piperidine rings is 2. The minimum atomic E-state index is -1.04. The number of amides is 5. The van der Waals surface area contributed by atoms with E-state index in [2.05, 4.69) is 46.8 Å². The molecule has 5 amide bonds. The van der Waals surface area contributed by atoms with Crippen LogP contribution < -0.4 is 25.4 Å². The van der Waals surface area contributed by atoms with E-state index >= 15 is 0 Å². The molecule has 3 aliphatic rings. The summed E-state index contributed by atoms with van der Waals surface area (Å²) in [6, 6.07) is 11.7. The number of nitrogens with one attached hydrogen (secondary N) is 3. The lowest BCUT2D eigenvalue weighted by Crippen LogP contribution is -2.54. The summed E-state index contributed by atoms with van der Waals surface area (Å²) in [5, 5.41) is 13.1. The van der Waals surface area contributed by atoms with Crippen LogP contribution in [0.5, 0.6) is 11.8 Å². The molecular weight excluding hydrogens is 718 g/mol. The molecule has 4 aromatic rings. The largest absolute Gasteiger partial charge is 0.493 e. The van der Waals surface area contributed by atoms with Crippen molar-refractivity contribution in [2.24, 2.45) is 0 Å². The molecule has 2 saturated heterocycles. The van der Waals surface area contributed by atoms with E-state index in [-0.39, 0.29) is 54.3 Å². The van der Waals surface area contributed by atoms with Gasteiger partial charge in [-0.05, 0) is 81.3 Å². The van der Waals surface area contributed by atoms with Crippen LogP contribution in [0, 0.1) is 0 Å². The maximum atomic E-state index is 13.3. The van der Waals surface area contributed by atoms with Crippen LogP contribution in [0.15, 0.2) is 48.7 Å². The van der Waals surface area contributed by atoms with E-state index in [1.807, 2.05) is 30.5 Å². The molecule has 16 nitrogen and oxygen atoms in total. The summed E-state index contributed by atoms with van der Waals surface area (Å²) in [5.74, 6) is -1.34. The number of benzene rings is 2. The van der Waals surface area contributed by atoms with Crippen LogP contribution in [-0.4, -0.2) is 97.8 Å². The van der Waals surface area contributed by atoms with Gasteiger partial charge in [0.05, 0.1) is 23.9 Å². The van der Waals surface area contributed by atoms with Crippen LogP contribution in [0.1, 0.15) is 103 Å². The zero-order chi connectivity index (χ0) is 39.3. The van der Waals surface area contributed by atoms with E-state index in [1.54, 1.807) is 16.6 Å². The van der Waals surface area contributed by atoms with Gasteiger partial charge in [-0.2, -0.15) is 19.6 Å². The van der Waals surface area contributed by atoms with Crippen LogP contribution in [-0.2, 0) is 20.9 Å². The Hall–Kier alpha value is -5.90. The van der Waals surface area contributed by atoms with Crippen molar-refractivity contribution < 1.29 is 33.4 Å². The molecule has 0 saturated carbocycles. The van der Waals surface area contributed by atoms with E-state index in [0.717, 1.165) is 47.6 Å². The Kier molecular flexibility index (Phi) is 11.5. The van der Waals surface area contributed by atoms with Crippen LogP contribution in [0.25, 0.3) is 5.65 Å². The first-order valence-electron chi connectivity index (χ1n) is 19.3. The van der Waals surface area contributed by atoms with Crippen molar-refractivity contribution in [2.75, 3.05) is 37.4 Å². The van der Waals surface area contributed by atoms with Gasteiger partial charge in [0, 0.05) is 43.7 Å². The topological polar surface area (TPSA) is 189 Å². The van der Waals surface area contributed by atoms with Crippen molar-refractivity contribution in [1.82, 2.24) is 34.7 Å². The third-order valence-corrected chi connectivity index (χ3v) is 10.4. The van der Waals surface area contributed by atoms with Crippen LogP contribution in [0.3, 0.4) is 0 Å². The van der Waals surface area contributed by atoms with Gasteiger partial charge in [0.1, 0.15) is 17.9 Å². The molecule has 3 N–H and O–H groups in total. The molecule has 1 atom stereocenters. The second kappa shape index (κ2) is 16.9. The van der Waals surface area contributed by atoms with Gasteiger partial charge >= 0.3 is 6.01 Å². The lowest BCUT2D eigenvalue weighted by atomic mass is 10.0. The van der Waals surface area contributed by atoms with Crippen LogP contribution >= 0.6 is 0 Å². The van der Waals surface area contributed by atoms with E-state index in [0.29, 0.717) is 49.9 Å². The van der Waals surface area contributed by atoms with Gasteiger partial charge in [-0.25, -0.2) is 0 Å². The highest BCUT2D eigenvalue weighted by atomic mass is 16.5. The summed E-state index contributed by atoms with van der Waals surface area (Å²) >= 11 is 0. The zero-order valence-electron chi connectivity index (χ0n) is 31.9. The predicted octanol–water partition coefficient (Wildman–Crippen LogP) is 4.31. The number of anilines is 2. The quantitative estimate of drug-likeness (QED) is 0.115. The van der Waals surface area contributed by atoms with Gasteiger partial charge in [-0.3, -0.25) is 34.2 Å². The Morgan fingerprint density at radius 3 is 2.50 bits per heavy atom. The van der Waals surface area contributed by atoms with Crippen LogP contribution in [0.4, 0.5) is 11.6 Å². The first kappa shape index (κ1) is 38.4. The third-order valence-electron chi connectivity index (χ3n) is 10.4. The number of unbranched alkanes of at least 4 members (excludes halogenated alkanes) is 2. The molecular formula is C40H47N9O7. The molecule has 2 aromatic carbocycles. The van der Waals surface area contributed by atoms with Crippen molar-refractivity contribution in [3.05, 3.63) is 70.9 Å². The second-order valence-corrected chi connectivity index (χ2v) is 14.8. The predicted molar refractivity (Wildman–Crippen MR) is 205 cm³/mol. The highest BCUT2D eigenvalue weighted by molar-refractivity contribution is 6.24. The third kappa shape index (κ3) is 8.49. The van der Waals surface area contributed by atoms with E-state index in [9.17, 15) is 24.0 Å². The number of hydrogen-bond acceptors (Lipinski definition) is 12. The monoisotopic (exact) mass is 765 g/mol. The van der Waals surface area contributed by atoms with Gasteiger partial charge in [0.25, 0.3) is 11.8 Å². The van der Waals surface area contributed by atoms with Crippen LogP contribution in [0.2, 0.25) is 0 Å². The number of carbonyl (C=O) groups excluding carboxylic acids is 5. The van der Waals surface area contributed by atoms with Crippen molar-refractivity contribution in [3.8, 4) is 11.8 Å². The molecule has 2 aromatic heterocycles. The van der Waals surface area contributed by atoms with Gasteiger partial charge < -0.3 is 25.0 Å². The summed E-state index contributed by atoms with van der Waals surface area (Å²) in [5.41, 5.74) is 3.71. The molecule has 2 fully saturated rings. The summed E-state index contributed by atoms with van der Waals surface area (Å²) in [6.07, 6.45) is 6.15. The Labute approximate surface area is 324 Å². The Morgan fingerprint density at radius 1 is 0.964 bits per heavy atom. The minimum Gasteiger partial charge on any atom is -0.493 e. The van der Waals surface area contributed by atoms with Crippen molar-refractivity contribution >= 4 is 46.8 Å². The summed E-state index contributed by atoms with van der Waals surface area (Å²) in [4.78, 5) is 75.6. The average Bonchev–Trinajstić information content (AvgIpc) is 3.72.